The van der Waals surface area contributed by atoms with E-state index < -0.39 is 11.9 Å². The molecule has 80 valence electrons. The molecule has 0 saturated heterocycles. The van der Waals surface area contributed by atoms with E-state index in [-0.39, 0.29) is 16.2 Å². The lowest BCUT2D eigenvalue weighted by molar-refractivity contribution is 0.271. The van der Waals surface area contributed by atoms with Crippen molar-refractivity contribution < 1.29 is 9.50 Å². The smallest absolute Gasteiger partial charge is 0.175 e. The van der Waals surface area contributed by atoms with E-state index in [0.29, 0.717) is 0 Å². The van der Waals surface area contributed by atoms with E-state index in [1.807, 2.05) is 0 Å². The predicted octanol–water partition coefficient (Wildman–Crippen LogP) is 2.27. The fourth-order valence-electron chi connectivity index (χ4n) is 1.05. The molecule has 1 atom stereocenters. The second-order valence-electron chi connectivity index (χ2n) is 2.88. The largest absolute Gasteiger partial charge is 0.373 e. The number of nitriles is 2. The summed E-state index contributed by atoms with van der Waals surface area (Å²) in [6.07, 6.45) is -0.522. The molecule has 0 bridgehead atoms. The zero-order chi connectivity index (χ0) is 12.1. The fraction of sp³-hybridized carbons (Fsp3) is 0.0909. The van der Waals surface area contributed by atoms with Gasteiger partial charge in [-0.2, -0.15) is 10.5 Å². The highest BCUT2D eigenvalue weighted by molar-refractivity contribution is 6.32. The SMILES string of the molecule is N#C/C(=C\c1c(F)cccc1Cl)[C@@H](O)C#N. The minimum absolute atomic E-state index is 0.0185. The zero-order valence-corrected chi connectivity index (χ0v) is 8.74. The molecule has 1 aromatic rings. The highest BCUT2D eigenvalue weighted by atomic mass is 35.5. The summed E-state index contributed by atoms with van der Waals surface area (Å²) >= 11 is 5.72. The molecule has 0 spiro atoms. The van der Waals surface area contributed by atoms with Crippen molar-refractivity contribution in [1.82, 2.24) is 0 Å². The molecule has 16 heavy (non-hydrogen) atoms. The summed E-state index contributed by atoms with van der Waals surface area (Å²) in [7, 11) is 0. The highest BCUT2D eigenvalue weighted by Crippen LogP contribution is 2.22. The Kier molecular flexibility index (Phi) is 4.02. The maximum atomic E-state index is 13.3. The van der Waals surface area contributed by atoms with Crippen LogP contribution < -0.4 is 0 Å². The maximum Gasteiger partial charge on any atom is 0.175 e. The Morgan fingerprint density at radius 2 is 2.19 bits per heavy atom. The minimum atomic E-state index is -1.58. The number of aliphatic hydroxyl groups excluding tert-OH is 1. The first-order valence-corrected chi connectivity index (χ1v) is 4.61. The van der Waals surface area contributed by atoms with Gasteiger partial charge < -0.3 is 5.11 Å². The number of benzene rings is 1. The molecule has 0 fully saturated rings. The average Bonchev–Trinajstić information content (AvgIpc) is 2.28. The topological polar surface area (TPSA) is 67.8 Å². The maximum absolute atomic E-state index is 13.3. The Morgan fingerprint density at radius 1 is 1.50 bits per heavy atom. The highest BCUT2D eigenvalue weighted by Gasteiger charge is 2.12. The molecular formula is C11H6ClFN2O. The molecule has 0 radical (unpaired) electrons. The van der Waals surface area contributed by atoms with Crippen molar-refractivity contribution in [1.29, 1.82) is 10.5 Å². The van der Waals surface area contributed by atoms with Crippen molar-refractivity contribution in [2.24, 2.45) is 0 Å². The van der Waals surface area contributed by atoms with Gasteiger partial charge in [0.2, 0.25) is 0 Å². The Bertz CT molecular complexity index is 493. The molecule has 0 aliphatic heterocycles. The number of nitrogens with zero attached hydrogens (tertiary/aromatic N) is 2. The second kappa shape index (κ2) is 5.27. The van der Waals surface area contributed by atoms with Gasteiger partial charge in [0.1, 0.15) is 5.82 Å². The molecule has 0 aromatic heterocycles. The molecule has 5 heteroatoms. The lowest BCUT2D eigenvalue weighted by Crippen LogP contribution is -2.05. The van der Waals surface area contributed by atoms with E-state index in [2.05, 4.69) is 0 Å². The molecular weight excluding hydrogens is 231 g/mol. The summed E-state index contributed by atoms with van der Waals surface area (Å²) in [5, 5.41) is 26.4. The van der Waals surface area contributed by atoms with Crippen LogP contribution in [0.15, 0.2) is 23.8 Å². The predicted molar refractivity (Wildman–Crippen MR) is 56.6 cm³/mol. The van der Waals surface area contributed by atoms with Crippen LogP contribution in [0.3, 0.4) is 0 Å². The van der Waals surface area contributed by atoms with Crippen molar-refractivity contribution in [2.45, 2.75) is 6.10 Å². The molecule has 0 heterocycles. The molecule has 3 nitrogen and oxygen atoms in total. The van der Waals surface area contributed by atoms with Crippen LogP contribution in [0.2, 0.25) is 5.02 Å². The fourth-order valence-corrected chi connectivity index (χ4v) is 1.26. The second-order valence-corrected chi connectivity index (χ2v) is 3.29. The van der Waals surface area contributed by atoms with Crippen LogP contribution in [0.5, 0.6) is 0 Å². The first-order chi connectivity index (χ1) is 7.60. The average molecular weight is 237 g/mol. The summed E-state index contributed by atoms with van der Waals surface area (Å²) in [6.45, 7) is 0. The van der Waals surface area contributed by atoms with Gasteiger partial charge in [-0.25, -0.2) is 4.39 Å². The van der Waals surface area contributed by atoms with Crippen LogP contribution in [0.1, 0.15) is 5.56 Å². The minimum Gasteiger partial charge on any atom is -0.373 e. The van der Waals surface area contributed by atoms with E-state index in [1.54, 1.807) is 6.07 Å². The van der Waals surface area contributed by atoms with Crippen LogP contribution in [0.4, 0.5) is 4.39 Å². The number of halogens is 2. The summed E-state index contributed by atoms with van der Waals surface area (Å²) in [5.74, 6) is -0.620. The molecule has 1 aromatic carbocycles. The van der Waals surface area contributed by atoms with Crippen LogP contribution in [0.25, 0.3) is 6.08 Å². The van der Waals surface area contributed by atoms with Crippen LogP contribution >= 0.6 is 11.6 Å². The normalized spacial score (nSPS) is 12.7. The molecule has 1 rings (SSSR count). The van der Waals surface area contributed by atoms with Crippen LogP contribution in [-0.4, -0.2) is 11.2 Å². The van der Waals surface area contributed by atoms with Crippen LogP contribution in [0, 0.1) is 28.5 Å². The van der Waals surface area contributed by atoms with Crippen molar-refractivity contribution in [3.63, 3.8) is 0 Å². The van der Waals surface area contributed by atoms with Crippen molar-refractivity contribution >= 4 is 17.7 Å². The standard InChI is InChI=1S/C11H6ClFN2O/c12-9-2-1-3-10(13)8(9)4-7(5-14)11(16)6-15/h1-4,11,16H/b7-4+/t11-/m0/s1. The number of hydrogen-bond donors (Lipinski definition) is 1. The van der Waals surface area contributed by atoms with Crippen molar-refractivity contribution in [2.75, 3.05) is 0 Å². The van der Waals surface area contributed by atoms with Gasteiger partial charge in [-0.15, -0.1) is 0 Å². The summed E-state index contributed by atoms with van der Waals surface area (Å²) in [5.41, 5.74) is -0.274. The molecule has 0 saturated carbocycles. The van der Waals surface area contributed by atoms with Gasteiger partial charge >= 0.3 is 0 Å². The zero-order valence-electron chi connectivity index (χ0n) is 7.98. The van der Waals surface area contributed by atoms with E-state index in [4.69, 9.17) is 27.2 Å². The van der Waals surface area contributed by atoms with Gasteiger partial charge in [0.05, 0.1) is 22.7 Å². The Morgan fingerprint density at radius 3 is 2.69 bits per heavy atom. The first-order valence-electron chi connectivity index (χ1n) is 4.23. The third-order valence-electron chi connectivity index (χ3n) is 1.85. The van der Waals surface area contributed by atoms with Gasteiger partial charge in [0.15, 0.2) is 6.10 Å². The lowest BCUT2D eigenvalue weighted by atomic mass is 10.1. The van der Waals surface area contributed by atoms with Crippen LogP contribution in [-0.2, 0) is 0 Å². The number of aliphatic hydroxyl groups is 1. The molecule has 1 N–H and O–H groups in total. The van der Waals surface area contributed by atoms with Gasteiger partial charge in [0, 0.05) is 5.56 Å². The lowest BCUT2D eigenvalue weighted by Gasteiger charge is -2.02. The van der Waals surface area contributed by atoms with Gasteiger partial charge in [-0.3, -0.25) is 0 Å². The molecule has 0 aliphatic carbocycles. The quantitative estimate of drug-likeness (QED) is 0.633. The summed E-state index contributed by atoms with van der Waals surface area (Å²) in [4.78, 5) is 0. The number of rotatable bonds is 2. The summed E-state index contributed by atoms with van der Waals surface area (Å²) < 4.78 is 13.3. The Labute approximate surface area is 96.6 Å². The van der Waals surface area contributed by atoms with E-state index in [1.165, 1.54) is 24.3 Å². The van der Waals surface area contributed by atoms with Crippen molar-refractivity contribution in [3.05, 3.63) is 40.2 Å². The van der Waals surface area contributed by atoms with Gasteiger partial charge in [0.25, 0.3) is 0 Å². The molecule has 0 aliphatic rings. The Balaban J connectivity index is 3.27. The van der Waals surface area contributed by atoms with Gasteiger partial charge in [-0.05, 0) is 18.2 Å². The third kappa shape index (κ3) is 2.58. The van der Waals surface area contributed by atoms with E-state index in [0.717, 1.165) is 6.08 Å². The van der Waals surface area contributed by atoms with E-state index >= 15 is 0 Å². The third-order valence-corrected chi connectivity index (χ3v) is 2.18. The molecule has 0 amide bonds. The van der Waals surface area contributed by atoms with Gasteiger partial charge in [-0.1, -0.05) is 17.7 Å². The summed E-state index contributed by atoms with van der Waals surface area (Å²) in [6, 6.07) is 7.13. The molecule has 0 unspecified atom stereocenters. The van der Waals surface area contributed by atoms with Crippen molar-refractivity contribution in [3.8, 4) is 12.1 Å². The van der Waals surface area contributed by atoms with E-state index in [9.17, 15) is 4.39 Å². The monoisotopic (exact) mass is 236 g/mol. The number of hydrogen-bond acceptors (Lipinski definition) is 3. The Hall–Kier alpha value is -1.88. The first kappa shape index (κ1) is 12.2.